The third-order valence-corrected chi connectivity index (χ3v) is 2.48. The molecular formula is C9H8BrNO5. The molecule has 86 valence electrons. The molecule has 0 saturated heterocycles. The Kier molecular flexibility index (Phi) is 3.83. The molecule has 7 heteroatoms. The SMILES string of the molecule is COc1cc(Br)c([N+](=O)[O-])c(CC(=O)O)c1. The molecule has 0 aromatic heterocycles. The lowest BCUT2D eigenvalue weighted by Crippen LogP contribution is -2.04. The maximum absolute atomic E-state index is 10.8. The van der Waals surface area contributed by atoms with Gasteiger partial charge in [0, 0.05) is 11.6 Å². The molecular weight excluding hydrogens is 282 g/mol. The van der Waals surface area contributed by atoms with Crippen molar-refractivity contribution in [3.63, 3.8) is 0 Å². The van der Waals surface area contributed by atoms with Gasteiger partial charge in [0.2, 0.25) is 0 Å². The van der Waals surface area contributed by atoms with Crippen LogP contribution < -0.4 is 4.74 Å². The number of aliphatic carboxylic acids is 1. The van der Waals surface area contributed by atoms with Crippen molar-refractivity contribution < 1.29 is 19.6 Å². The zero-order valence-corrected chi connectivity index (χ0v) is 9.85. The second-order valence-corrected chi connectivity index (χ2v) is 3.80. The summed E-state index contributed by atoms with van der Waals surface area (Å²) in [5.41, 5.74) is -0.146. The van der Waals surface area contributed by atoms with Gasteiger partial charge in [0.25, 0.3) is 5.69 Å². The highest BCUT2D eigenvalue weighted by Crippen LogP contribution is 2.33. The van der Waals surface area contributed by atoms with E-state index < -0.39 is 17.3 Å². The number of ether oxygens (including phenoxy) is 1. The van der Waals surface area contributed by atoms with Crippen molar-refractivity contribution in [1.29, 1.82) is 0 Å². The molecule has 0 aliphatic carbocycles. The quantitative estimate of drug-likeness (QED) is 0.676. The van der Waals surface area contributed by atoms with Crippen molar-refractivity contribution in [3.8, 4) is 5.75 Å². The maximum Gasteiger partial charge on any atom is 0.308 e. The van der Waals surface area contributed by atoms with Crippen LogP contribution in [0.4, 0.5) is 5.69 Å². The first-order chi connectivity index (χ1) is 7.45. The minimum Gasteiger partial charge on any atom is -0.497 e. The third-order valence-electron chi connectivity index (χ3n) is 1.88. The van der Waals surface area contributed by atoms with E-state index in [1.165, 1.54) is 19.2 Å². The van der Waals surface area contributed by atoms with Crippen molar-refractivity contribution >= 4 is 27.6 Å². The van der Waals surface area contributed by atoms with Crippen LogP contribution in [0.5, 0.6) is 5.75 Å². The van der Waals surface area contributed by atoms with Gasteiger partial charge in [-0.25, -0.2) is 0 Å². The minimum atomic E-state index is -1.14. The standard InChI is InChI=1S/C9H8BrNO5/c1-16-6-2-5(3-8(12)13)9(11(14)15)7(10)4-6/h2,4H,3H2,1H3,(H,12,13). The summed E-state index contributed by atoms with van der Waals surface area (Å²) in [6, 6.07) is 2.76. The van der Waals surface area contributed by atoms with E-state index in [4.69, 9.17) is 9.84 Å². The van der Waals surface area contributed by atoms with Gasteiger partial charge in [-0.3, -0.25) is 14.9 Å². The predicted octanol–water partition coefficient (Wildman–Crippen LogP) is 1.99. The second-order valence-electron chi connectivity index (χ2n) is 2.94. The number of hydrogen-bond acceptors (Lipinski definition) is 4. The summed E-state index contributed by atoms with van der Waals surface area (Å²) in [5, 5.41) is 19.4. The maximum atomic E-state index is 10.8. The minimum absolute atomic E-state index is 0.101. The van der Waals surface area contributed by atoms with Crippen LogP contribution in [0.3, 0.4) is 0 Å². The van der Waals surface area contributed by atoms with Gasteiger partial charge < -0.3 is 9.84 Å². The van der Waals surface area contributed by atoms with E-state index in [0.717, 1.165) is 0 Å². The van der Waals surface area contributed by atoms with Crippen LogP contribution in [-0.4, -0.2) is 23.1 Å². The Morgan fingerprint density at radius 2 is 2.25 bits per heavy atom. The van der Waals surface area contributed by atoms with E-state index in [2.05, 4.69) is 15.9 Å². The molecule has 0 unspecified atom stereocenters. The van der Waals surface area contributed by atoms with Crippen LogP contribution in [0.2, 0.25) is 0 Å². The van der Waals surface area contributed by atoms with Gasteiger partial charge in [0.1, 0.15) is 5.75 Å². The lowest BCUT2D eigenvalue weighted by Gasteiger charge is -2.06. The zero-order chi connectivity index (χ0) is 12.3. The number of nitro groups is 1. The van der Waals surface area contributed by atoms with Crippen molar-refractivity contribution in [1.82, 2.24) is 0 Å². The highest BCUT2D eigenvalue weighted by atomic mass is 79.9. The summed E-state index contributed by atoms with van der Waals surface area (Å²) in [7, 11) is 1.40. The molecule has 0 aliphatic heterocycles. The van der Waals surface area contributed by atoms with Crippen LogP contribution in [0.1, 0.15) is 5.56 Å². The monoisotopic (exact) mass is 289 g/mol. The molecule has 0 radical (unpaired) electrons. The fourth-order valence-corrected chi connectivity index (χ4v) is 1.87. The van der Waals surface area contributed by atoms with Gasteiger partial charge in [0.15, 0.2) is 0 Å². The Morgan fingerprint density at radius 3 is 2.69 bits per heavy atom. The molecule has 6 nitrogen and oxygen atoms in total. The Hall–Kier alpha value is -1.63. The number of hydrogen-bond donors (Lipinski definition) is 1. The predicted molar refractivity (Wildman–Crippen MR) is 58.7 cm³/mol. The number of benzene rings is 1. The molecule has 1 rings (SSSR count). The average Bonchev–Trinajstić information content (AvgIpc) is 2.14. The van der Waals surface area contributed by atoms with Crippen LogP contribution in [0.25, 0.3) is 0 Å². The first-order valence-electron chi connectivity index (χ1n) is 4.18. The smallest absolute Gasteiger partial charge is 0.308 e. The largest absolute Gasteiger partial charge is 0.497 e. The number of nitrogens with zero attached hydrogens (tertiary/aromatic N) is 1. The van der Waals surface area contributed by atoms with Crippen LogP contribution >= 0.6 is 15.9 Å². The number of halogens is 1. The highest BCUT2D eigenvalue weighted by Gasteiger charge is 2.21. The molecule has 0 atom stereocenters. The number of rotatable bonds is 4. The third kappa shape index (κ3) is 2.69. The number of carboxylic acids is 1. The lowest BCUT2D eigenvalue weighted by molar-refractivity contribution is -0.386. The van der Waals surface area contributed by atoms with Gasteiger partial charge in [-0.2, -0.15) is 0 Å². The summed E-state index contributed by atoms with van der Waals surface area (Å²) >= 11 is 3.01. The van der Waals surface area contributed by atoms with E-state index in [9.17, 15) is 14.9 Å². The summed E-state index contributed by atoms with van der Waals surface area (Å²) in [4.78, 5) is 20.7. The number of nitro benzene ring substituents is 1. The first-order valence-corrected chi connectivity index (χ1v) is 4.97. The second kappa shape index (κ2) is 4.93. The Labute approximate surface area is 99.1 Å². The Balaban J connectivity index is 3.34. The van der Waals surface area contributed by atoms with Gasteiger partial charge in [-0.15, -0.1) is 0 Å². The topological polar surface area (TPSA) is 89.7 Å². The van der Waals surface area contributed by atoms with Crippen LogP contribution in [0.15, 0.2) is 16.6 Å². The average molecular weight is 290 g/mol. The molecule has 0 bridgehead atoms. The highest BCUT2D eigenvalue weighted by molar-refractivity contribution is 9.10. The summed E-state index contributed by atoms with van der Waals surface area (Å²) in [6.45, 7) is 0. The van der Waals surface area contributed by atoms with Crippen molar-refractivity contribution in [3.05, 3.63) is 32.3 Å². The van der Waals surface area contributed by atoms with Crippen molar-refractivity contribution in [2.45, 2.75) is 6.42 Å². The van der Waals surface area contributed by atoms with Crippen LogP contribution in [-0.2, 0) is 11.2 Å². The van der Waals surface area contributed by atoms with Gasteiger partial charge in [0.05, 0.1) is 22.9 Å². The van der Waals surface area contributed by atoms with E-state index in [0.29, 0.717) is 5.75 Å². The zero-order valence-electron chi connectivity index (χ0n) is 8.27. The Bertz CT molecular complexity index is 446. The number of carbonyl (C=O) groups is 1. The molecule has 0 aliphatic rings. The number of carboxylic acid groups (broad SMARTS) is 1. The van der Waals surface area contributed by atoms with E-state index in [-0.39, 0.29) is 15.7 Å². The molecule has 1 aromatic carbocycles. The van der Waals surface area contributed by atoms with Crippen molar-refractivity contribution in [2.24, 2.45) is 0 Å². The molecule has 0 fully saturated rings. The van der Waals surface area contributed by atoms with Crippen LogP contribution in [0, 0.1) is 10.1 Å². The van der Waals surface area contributed by atoms with Gasteiger partial charge in [-0.05, 0) is 22.0 Å². The van der Waals surface area contributed by atoms with Gasteiger partial charge >= 0.3 is 5.97 Å². The van der Waals surface area contributed by atoms with Crippen molar-refractivity contribution in [2.75, 3.05) is 7.11 Å². The normalized spacial score (nSPS) is 9.88. The Morgan fingerprint density at radius 1 is 1.62 bits per heavy atom. The summed E-state index contributed by atoms with van der Waals surface area (Å²) < 4.78 is 5.11. The summed E-state index contributed by atoms with van der Waals surface area (Å²) in [5.74, 6) is -0.767. The first kappa shape index (κ1) is 12.4. The molecule has 1 N–H and O–H groups in total. The molecule has 16 heavy (non-hydrogen) atoms. The lowest BCUT2D eigenvalue weighted by atomic mass is 10.1. The molecule has 1 aromatic rings. The molecule has 0 spiro atoms. The molecule has 0 heterocycles. The van der Waals surface area contributed by atoms with E-state index >= 15 is 0 Å². The molecule has 0 saturated carbocycles. The van der Waals surface area contributed by atoms with Gasteiger partial charge in [-0.1, -0.05) is 0 Å². The fraction of sp³-hybridized carbons (Fsp3) is 0.222. The number of methoxy groups -OCH3 is 1. The summed E-state index contributed by atoms with van der Waals surface area (Å²) in [6.07, 6.45) is -0.424. The van der Waals surface area contributed by atoms with E-state index in [1.54, 1.807) is 0 Å². The molecule has 0 amide bonds. The van der Waals surface area contributed by atoms with E-state index in [1.807, 2.05) is 0 Å². The fourth-order valence-electron chi connectivity index (χ4n) is 1.25.